The van der Waals surface area contributed by atoms with Crippen molar-refractivity contribution in [2.45, 2.75) is 25.2 Å². The molecule has 0 saturated heterocycles. The average Bonchev–Trinajstić information content (AvgIpc) is 2.81. The molecule has 3 rings (SSSR count). The molecular weight excluding hydrogens is 236 g/mol. The third-order valence-electron chi connectivity index (χ3n) is 4.08. The summed E-state index contributed by atoms with van der Waals surface area (Å²) in [4.78, 5) is 0. The summed E-state index contributed by atoms with van der Waals surface area (Å²) in [7, 11) is 1.98. The molecule has 1 aromatic carbocycles. The van der Waals surface area contributed by atoms with Crippen LogP contribution in [0.2, 0.25) is 0 Å². The fourth-order valence-corrected chi connectivity index (χ4v) is 3.28. The van der Waals surface area contributed by atoms with Crippen LogP contribution in [0.15, 0.2) is 30.6 Å². The van der Waals surface area contributed by atoms with E-state index in [0.717, 1.165) is 18.7 Å². The van der Waals surface area contributed by atoms with Crippen LogP contribution in [0.5, 0.6) is 0 Å². The molecule has 0 amide bonds. The second-order valence-electron chi connectivity index (χ2n) is 5.55. The summed E-state index contributed by atoms with van der Waals surface area (Å²) in [5, 5.41) is 17.4. The summed E-state index contributed by atoms with van der Waals surface area (Å²) >= 11 is 0. The summed E-state index contributed by atoms with van der Waals surface area (Å²) in [6, 6.07) is 10.1. The SMILES string of the molecule is CC1CC(c2cccc(C#N)c2)(c2nncn2C)C1. The Bertz CT molecular complexity index is 644. The second kappa shape index (κ2) is 4.20. The normalized spacial score (nSPS) is 25.6. The van der Waals surface area contributed by atoms with Crippen LogP contribution in [-0.2, 0) is 12.5 Å². The molecule has 1 aromatic heterocycles. The minimum Gasteiger partial charge on any atom is -0.320 e. The molecule has 0 spiro atoms. The van der Waals surface area contributed by atoms with Crippen LogP contribution in [-0.4, -0.2) is 14.8 Å². The highest BCUT2D eigenvalue weighted by atomic mass is 15.3. The van der Waals surface area contributed by atoms with Crippen LogP contribution in [0.25, 0.3) is 0 Å². The molecule has 4 heteroatoms. The third-order valence-corrected chi connectivity index (χ3v) is 4.08. The van der Waals surface area contributed by atoms with Gasteiger partial charge in [-0.3, -0.25) is 0 Å². The van der Waals surface area contributed by atoms with Gasteiger partial charge in [-0.25, -0.2) is 0 Å². The van der Waals surface area contributed by atoms with Gasteiger partial charge in [0.1, 0.15) is 12.2 Å². The molecule has 1 heterocycles. The maximum atomic E-state index is 9.07. The van der Waals surface area contributed by atoms with Crippen LogP contribution >= 0.6 is 0 Å². The molecule has 1 aliphatic carbocycles. The summed E-state index contributed by atoms with van der Waals surface area (Å²) < 4.78 is 1.99. The number of nitrogens with zero attached hydrogens (tertiary/aromatic N) is 4. The fraction of sp³-hybridized carbons (Fsp3) is 0.400. The van der Waals surface area contributed by atoms with Crippen molar-refractivity contribution in [1.29, 1.82) is 5.26 Å². The van der Waals surface area contributed by atoms with Gasteiger partial charge in [0, 0.05) is 7.05 Å². The average molecular weight is 252 g/mol. The van der Waals surface area contributed by atoms with E-state index in [1.54, 1.807) is 6.33 Å². The van der Waals surface area contributed by atoms with E-state index in [1.165, 1.54) is 5.56 Å². The van der Waals surface area contributed by atoms with Gasteiger partial charge in [0.15, 0.2) is 0 Å². The van der Waals surface area contributed by atoms with Crippen molar-refractivity contribution in [3.05, 3.63) is 47.5 Å². The first kappa shape index (κ1) is 11.9. The quantitative estimate of drug-likeness (QED) is 0.824. The van der Waals surface area contributed by atoms with E-state index in [1.807, 2.05) is 29.8 Å². The minimum absolute atomic E-state index is 0.0719. The number of hydrogen-bond acceptors (Lipinski definition) is 3. The first-order chi connectivity index (χ1) is 9.15. The van der Waals surface area contributed by atoms with Crippen molar-refractivity contribution in [1.82, 2.24) is 14.8 Å². The van der Waals surface area contributed by atoms with E-state index in [9.17, 15) is 0 Å². The molecule has 19 heavy (non-hydrogen) atoms. The highest BCUT2D eigenvalue weighted by Crippen LogP contribution is 2.51. The van der Waals surface area contributed by atoms with Crippen molar-refractivity contribution in [3.8, 4) is 6.07 Å². The highest BCUT2D eigenvalue weighted by molar-refractivity contribution is 5.42. The lowest BCUT2D eigenvalue weighted by atomic mass is 9.58. The van der Waals surface area contributed by atoms with Gasteiger partial charge in [-0.2, -0.15) is 5.26 Å². The topological polar surface area (TPSA) is 54.5 Å². The zero-order chi connectivity index (χ0) is 13.5. The molecule has 4 nitrogen and oxygen atoms in total. The predicted molar refractivity (Wildman–Crippen MR) is 71.3 cm³/mol. The van der Waals surface area contributed by atoms with E-state index < -0.39 is 0 Å². The molecule has 2 aromatic rings. The Labute approximate surface area is 112 Å². The van der Waals surface area contributed by atoms with Gasteiger partial charge in [-0.15, -0.1) is 10.2 Å². The van der Waals surface area contributed by atoms with E-state index in [0.29, 0.717) is 11.5 Å². The summed E-state index contributed by atoms with van der Waals surface area (Å²) in [5.41, 5.74) is 1.82. The molecule has 0 bridgehead atoms. The van der Waals surface area contributed by atoms with Crippen molar-refractivity contribution in [2.24, 2.45) is 13.0 Å². The number of nitriles is 1. The van der Waals surface area contributed by atoms with Gasteiger partial charge in [-0.05, 0) is 36.5 Å². The minimum atomic E-state index is -0.0719. The maximum absolute atomic E-state index is 9.07. The largest absolute Gasteiger partial charge is 0.320 e. The molecule has 0 unspecified atom stereocenters. The number of aryl methyl sites for hydroxylation is 1. The number of aromatic nitrogens is 3. The van der Waals surface area contributed by atoms with Crippen LogP contribution < -0.4 is 0 Å². The van der Waals surface area contributed by atoms with Crippen molar-refractivity contribution >= 4 is 0 Å². The maximum Gasteiger partial charge on any atom is 0.143 e. The first-order valence-corrected chi connectivity index (χ1v) is 6.51. The Balaban J connectivity index is 2.12. The van der Waals surface area contributed by atoms with Crippen molar-refractivity contribution < 1.29 is 0 Å². The van der Waals surface area contributed by atoms with Gasteiger partial charge in [-0.1, -0.05) is 19.1 Å². The van der Waals surface area contributed by atoms with Gasteiger partial charge in [0.05, 0.1) is 17.0 Å². The molecule has 96 valence electrons. The van der Waals surface area contributed by atoms with E-state index in [4.69, 9.17) is 5.26 Å². The standard InChI is InChI=1S/C15H16N4/c1-11-7-15(8-11,14-18-17-10-19(14)2)13-5-3-4-12(6-13)9-16/h3-6,10-11H,7-8H2,1-2H3. The molecule has 0 atom stereocenters. The van der Waals surface area contributed by atoms with Gasteiger partial charge < -0.3 is 4.57 Å². The molecule has 1 fully saturated rings. The monoisotopic (exact) mass is 252 g/mol. The Morgan fingerprint density at radius 2 is 2.21 bits per heavy atom. The molecule has 0 aliphatic heterocycles. The highest BCUT2D eigenvalue weighted by Gasteiger charge is 2.48. The van der Waals surface area contributed by atoms with E-state index in [2.05, 4.69) is 29.3 Å². The lowest BCUT2D eigenvalue weighted by Gasteiger charge is -2.46. The summed E-state index contributed by atoms with van der Waals surface area (Å²) in [5.74, 6) is 1.68. The zero-order valence-electron chi connectivity index (χ0n) is 11.2. The van der Waals surface area contributed by atoms with Crippen LogP contribution in [0.1, 0.15) is 36.7 Å². The molecule has 1 aliphatic rings. The van der Waals surface area contributed by atoms with Crippen LogP contribution in [0, 0.1) is 17.2 Å². The zero-order valence-corrected chi connectivity index (χ0v) is 11.2. The Morgan fingerprint density at radius 3 is 2.79 bits per heavy atom. The first-order valence-electron chi connectivity index (χ1n) is 6.51. The van der Waals surface area contributed by atoms with E-state index >= 15 is 0 Å². The van der Waals surface area contributed by atoms with Crippen molar-refractivity contribution in [2.75, 3.05) is 0 Å². The lowest BCUT2D eigenvalue weighted by Crippen LogP contribution is -2.43. The number of hydrogen-bond donors (Lipinski definition) is 0. The third kappa shape index (κ3) is 1.74. The second-order valence-corrected chi connectivity index (χ2v) is 5.55. The van der Waals surface area contributed by atoms with Gasteiger partial charge in [0.2, 0.25) is 0 Å². The summed E-state index contributed by atoms with van der Waals surface area (Å²) in [6.07, 6.45) is 3.87. The van der Waals surface area contributed by atoms with Crippen LogP contribution in [0.3, 0.4) is 0 Å². The lowest BCUT2D eigenvalue weighted by molar-refractivity contribution is 0.185. The number of benzene rings is 1. The Kier molecular flexibility index (Phi) is 2.63. The van der Waals surface area contributed by atoms with Crippen molar-refractivity contribution in [3.63, 3.8) is 0 Å². The van der Waals surface area contributed by atoms with Crippen LogP contribution in [0.4, 0.5) is 0 Å². The van der Waals surface area contributed by atoms with Gasteiger partial charge >= 0.3 is 0 Å². The Morgan fingerprint density at radius 1 is 1.42 bits per heavy atom. The summed E-state index contributed by atoms with van der Waals surface area (Å²) in [6.45, 7) is 2.25. The fourth-order valence-electron chi connectivity index (χ4n) is 3.28. The molecular formula is C15H16N4. The molecule has 0 N–H and O–H groups in total. The molecule has 0 radical (unpaired) electrons. The molecule has 1 saturated carbocycles. The van der Waals surface area contributed by atoms with E-state index in [-0.39, 0.29) is 5.41 Å². The predicted octanol–water partition coefficient (Wildman–Crippen LogP) is 2.40. The smallest absolute Gasteiger partial charge is 0.143 e. The number of rotatable bonds is 2. The van der Waals surface area contributed by atoms with Gasteiger partial charge in [0.25, 0.3) is 0 Å². The Hall–Kier alpha value is -2.15.